The van der Waals surface area contributed by atoms with Crippen molar-refractivity contribution in [3.8, 4) is 11.8 Å². The van der Waals surface area contributed by atoms with Crippen molar-refractivity contribution < 1.29 is 13.5 Å². The highest BCUT2D eigenvalue weighted by atomic mass is 19.1. The molecular formula is C15H18F2N2O. The van der Waals surface area contributed by atoms with Crippen LogP contribution in [0.25, 0.3) is 0 Å². The minimum Gasteiger partial charge on any atom is -0.490 e. The average molecular weight is 280 g/mol. The van der Waals surface area contributed by atoms with Crippen LogP contribution >= 0.6 is 0 Å². The molecule has 0 bridgehead atoms. The van der Waals surface area contributed by atoms with Gasteiger partial charge in [-0.2, -0.15) is 5.26 Å². The number of nitrogens with zero attached hydrogens (tertiary/aromatic N) is 1. The second-order valence-corrected chi connectivity index (χ2v) is 5.13. The van der Waals surface area contributed by atoms with Gasteiger partial charge in [0.1, 0.15) is 11.4 Å². The van der Waals surface area contributed by atoms with Crippen LogP contribution in [0.2, 0.25) is 0 Å². The van der Waals surface area contributed by atoms with E-state index in [0.717, 1.165) is 37.5 Å². The van der Waals surface area contributed by atoms with Gasteiger partial charge in [-0.25, -0.2) is 8.78 Å². The lowest BCUT2D eigenvalue weighted by atomic mass is 9.86. The summed E-state index contributed by atoms with van der Waals surface area (Å²) in [4.78, 5) is 0. The largest absolute Gasteiger partial charge is 0.490 e. The molecule has 20 heavy (non-hydrogen) atoms. The van der Waals surface area contributed by atoms with E-state index in [1.54, 1.807) is 7.05 Å². The van der Waals surface area contributed by atoms with Gasteiger partial charge in [0.15, 0.2) is 11.6 Å². The normalized spacial score (nSPS) is 25.4. The lowest BCUT2D eigenvalue weighted by Crippen LogP contribution is -2.45. The van der Waals surface area contributed by atoms with Gasteiger partial charge in [0.2, 0.25) is 0 Å². The van der Waals surface area contributed by atoms with Crippen LogP contribution in [0.3, 0.4) is 0 Å². The molecule has 0 amide bonds. The Morgan fingerprint density at radius 1 is 1.50 bits per heavy atom. The molecule has 0 heterocycles. The summed E-state index contributed by atoms with van der Waals surface area (Å²) < 4.78 is 31.7. The van der Waals surface area contributed by atoms with Crippen molar-refractivity contribution >= 4 is 0 Å². The zero-order chi connectivity index (χ0) is 14.6. The summed E-state index contributed by atoms with van der Waals surface area (Å²) >= 11 is 0. The number of ether oxygens (including phenoxy) is 1. The van der Waals surface area contributed by atoms with Crippen molar-refractivity contribution in [2.75, 3.05) is 13.7 Å². The van der Waals surface area contributed by atoms with Crippen LogP contribution in [0.1, 0.15) is 25.7 Å². The standard InChI is InChI=1S/C15H18F2N2O/c1-19-15(10-18)7-2-3-11(15)6-8-20-14-9-12(16)4-5-13(14)17/h4-5,9,11,19H,2-3,6-8H2,1H3. The van der Waals surface area contributed by atoms with Crippen molar-refractivity contribution in [3.05, 3.63) is 29.8 Å². The summed E-state index contributed by atoms with van der Waals surface area (Å²) in [5, 5.41) is 12.4. The quantitative estimate of drug-likeness (QED) is 0.901. The maximum atomic E-state index is 13.4. The van der Waals surface area contributed by atoms with Crippen LogP contribution < -0.4 is 10.1 Å². The predicted molar refractivity (Wildman–Crippen MR) is 71.2 cm³/mol. The Labute approximate surface area is 117 Å². The third-order valence-electron chi connectivity index (χ3n) is 4.08. The third kappa shape index (κ3) is 2.91. The summed E-state index contributed by atoms with van der Waals surface area (Å²) in [5.41, 5.74) is -0.510. The van der Waals surface area contributed by atoms with E-state index in [1.165, 1.54) is 0 Å². The Bertz CT molecular complexity index is 515. The molecule has 1 aliphatic rings. The van der Waals surface area contributed by atoms with Gasteiger partial charge >= 0.3 is 0 Å². The number of benzene rings is 1. The Hall–Kier alpha value is -1.67. The highest BCUT2D eigenvalue weighted by Crippen LogP contribution is 2.37. The van der Waals surface area contributed by atoms with E-state index in [2.05, 4.69) is 11.4 Å². The van der Waals surface area contributed by atoms with E-state index >= 15 is 0 Å². The molecule has 3 nitrogen and oxygen atoms in total. The van der Waals surface area contributed by atoms with Crippen molar-refractivity contribution in [2.45, 2.75) is 31.2 Å². The Morgan fingerprint density at radius 3 is 3.00 bits per heavy atom. The zero-order valence-corrected chi connectivity index (χ0v) is 11.5. The van der Waals surface area contributed by atoms with Crippen molar-refractivity contribution in [3.63, 3.8) is 0 Å². The van der Waals surface area contributed by atoms with Crippen LogP contribution in [0.5, 0.6) is 5.75 Å². The minimum atomic E-state index is -0.571. The zero-order valence-electron chi connectivity index (χ0n) is 11.5. The van der Waals surface area contributed by atoms with Gasteiger partial charge in [0.05, 0.1) is 12.7 Å². The third-order valence-corrected chi connectivity index (χ3v) is 4.08. The number of nitriles is 1. The summed E-state index contributed by atoms with van der Waals surface area (Å²) in [6.45, 7) is 0.274. The summed E-state index contributed by atoms with van der Waals surface area (Å²) in [5.74, 6) is -0.994. The molecular weight excluding hydrogens is 262 g/mol. The van der Waals surface area contributed by atoms with Gasteiger partial charge in [-0.15, -0.1) is 0 Å². The van der Waals surface area contributed by atoms with Gasteiger partial charge < -0.3 is 10.1 Å². The molecule has 1 fully saturated rings. The molecule has 2 unspecified atom stereocenters. The van der Waals surface area contributed by atoms with E-state index in [-0.39, 0.29) is 18.3 Å². The molecule has 1 aromatic rings. The second kappa shape index (κ2) is 6.19. The van der Waals surface area contributed by atoms with Crippen LogP contribution in [0, 0.1) is 28.9 Å². The van der Waals surface area contributed by atoms with E-state index in [4.69, 9.17) is 4.74 Å². The molecule has 2 rings (SSSR count). The number of rotatable bonds is 5. The fourth-order valence-corrected chi connectivity index (χ4v) is 2.90. The first-order chi connectivity index (χ1) is 9.61. The molecule has 0 spiro atoms. The van der Waals surface area contributed by atoms with E-state index in [1.807, 2.05) is 0 Å². The first-order valence-electron chi connectivity index (χ1n) is 6.79. The van der Waals surface area contributed by atoms with Gasteiger partial charge in [-0.05, 0) is 44.4 Å². The number of hydrogen-bond donors (Lipinski definition) is 1. The smallest absolute Gasteiger partial charge is 0.165 e. The Kier molecular flexibility index (Phi) is 4.56. The molecule has 5 heteroatoms. The first kappa shape index (κ1) is 14.7. The maximum absolute atomic E-state index is 13.4. The van der Waals surface area contributed by atoms with Crippen LogP contribution in [-0.2, 0) is 0 Å². The molecule has 0 saturated heterocycles. The molecule has 1 aromatic carbocycles. The number of nitrogens with one attached hydrogen (secondary N) is 1. The van der Waals surface area contributed by atoms with Crippen molar-refractivity contribution in [1.29, 1.82) is 5.26 Å². The lowest BCUT2D eigenvalue weighted by molar-refractivity contribution is 0.232. The van der Waals surface area contributed by atoms with Crippen LogP contribution in [0.4, 0.5) is 8.78 Å². The summed E-state index contributed by atoms with van der Waals surface area (Å²) in [6, 6.07) is 5.49. The van der Waals surface area contributed by atoms with Crippen LogP contribution in [0.15, 0.2) is 18.2 Å². The van der Waals surface area contributed by atoms with Gasteiger partial charge in [0.25, 0.3) is 0 Å². The molecule has 1 aliphatic carbocycles. The minimum absolute atomic E-state index is 0.0741. The molecule has 0 aromatic heterocycles. The molecule has 1 saturated carbocycles. The Balaban J connectivity index is 1.93. The monoisotopic (exact) mass is 280 g/mol. The average Bonchev–Trinajstić information content (AvgIpc) is 2.86. The van der Waals surface area contributed by atoms with E-state index < -0.39 is 17.2 Å². The lowest BCUT2D eigenvalue weighted by Gasteiger charge is -2.28. The fourth-order valence-electron chi connectivity index (χ4n) is 2.90. The number of hydrogen-bond acceptors (Lipinski definition) is 3. The maximum Gasteiger partial charge on any atom is 0.165 e. The van der Waals surface area contributed by atoms with Gasteiger partial charge in [0, 0.05) is 6.07 Å². The SMILES string of the molecule is CNC1(C#N)CCCC1CCOc1cc(F)ccc1F. The topological polar surface area (TPSA) is 45.0 Å². The number of halogens is 2. The van der Waals surface area contributed by atoms with E-state index in [0.29, 0.717) is 6.42 Å². The van der Waals surface area contributed by atoms with E-state index in [9.17, 15) is 14.0 Å². The first-order valence-corrected chi connectivity index (χ1v) is 6.79. The second-order valence-electron chi connectivity index (χ2n) is 5.13. The molecule has 0 aliphatic heterocycles. The van der Waals surface area contributed by atoms with Crippen LogP contribution in [-0.4, -0.2) is 19.2 Å². The Morgan fingerprint density at radius 2 is 2.30 bits per heavy atom. The fraction of sp³-hybridized carbons (Fsp3) is 0.533. The summed E-state index contributed by atoms with van der Waals surface area (Å²) in [6.07, 6.45) is 3.40. The molecule has 1 N–H and O–H groups in total. The highest BCUT2D eigenvalue weighted by Gasteiger charge is 2.41. The van der Waals surface area contributed by atoms with Gasteiger partial charge in [-0.3, -0.25) is 0 Å². The highest BCUT2D eigenvalue weighted by molar-refractivity contribution is 5.24. The molecule has 2 atom stereocenters. The molecule has 0 radical (unpaired) electrons. The summed E-state index contributed by atoms with van der Waals surface area (Å²) in [7, 11) is 1.79. The van der Waals surface area contributed by atoms with Crippen molar-refractivity contribution in [1.82, 2.24) is 5.32 Å². The predicted octanol–water partition coefficient (Wildman–Crippen LogP) is 3.02. The molecule has 108 valence electrons. The van der Waals surface area contributed by atoms with Crippen molar-refractivity contribution in [2.24, 2.45) is 5.92 Å². The van der Waals surface area contributed by atoms with Gasteiger partial charge in [-0.1, -0.05) is 6.42 Å².